The second kappa shape index (κ2) is 4.67. The molecule has 1 heterocycles. The molecule has 1 aliphatic rings. The molecule has 0 fully saturated rings. The van der Waals surface area contributed by atoms with E-state index in [0.29, 0.717) is 24.0 Å². The van der Waals surface area contributed by atoms with E-state index in [2.05, 4.69) is 5.32 Å². The molecular weight excluding hydrogens is 218 g/mol. The molecule has 90 valence electrons. The van der Waals surface area contributed by atoms with Gasteiger partial charge in [0.05, 0.1) is 17.2 Å². The molecule has 2 amide bonds. The minimum absolute atomic E-state index is 0.308. The molecular formula is C13H15NO3. The summed E-state index contributed by atoms with van der Waals surface area (Å²) in [7, 11) is 0. The predicted molar refractivity (Wildman–Crippen MR) is 62.9 cm³/mol. The molecule has 1 atom stereocenters. The van der Waals surface area contributed by atoms with Gasteiger partial charge in [0, 0.05) is 0 Å². The molecule has 4 heteroatoms. The Kier molecular flexibility index (Phi) is 3.24. The molecule has 4 nitrogen and oxygen atoms in total. The van der Waals surface area contributed by atoms with E-state index in [4.69, 9.17) is 0 Å². The van der Waals surface area contributed by atoms with Crippen molar-refractivity contribution in [2.45, 2.75) is 32.3 Å². The van der Waals surface area contributed by atoms with Crippen LogP contribution in [0.2, 0.25) is 0 Å². The first kappa shape index (κ1) is 11.8. The average Bonchev–Trinajstić information content (AvgIpc) is 2.55. The number of fused-ring (bicyclic) bond motifs is 1. The first-order valence-electron chi connectivity index (χ1n) is 5.75. The van der Waals surface area contributed by atoms with Crippen molar-refractivity contribution in [3.8, 4) is 0 Å². The van der Waals surface area contributed by atoms with Gasteiger partial charge >= 0.3 is 0 Å². The first-order valence-corrected chi connectivity index (χ1v) is 5.75. The second-order valence-corrected chi connectivity index (χ2v) is 4.36. The van der Waals surface area contributed by atoms with Crippen LogP contribution in [0.5, 0.6) is 0 Å². The molecule has 0 aromatic heterocycles. The summed E-state index contributed by atoms with van der Waals surface area (Å²) in [4.78, 5) is 23.1. The summed E-state index contributed by atoms with van der Waals surface area (Å²) >= 11 is 0. The molecule has 2 rings (SSSR count). The van der Waals surface area contributed by atoms with Crippen molar-refractivity contribution in [3.05, 3.63) is 34.9 Å². The monoisotopic (exact) mass is 233 g/mol. The van der Waals surface area contributed by atoms with Crippen molar-refractivity contribution < 1.29 is 14.7 Å². The van der Waals surface area contributed by atoms with Crippen LogP contribution in [0.1, 0.15) is 46.0 Å². The molecule has 1 unspecified atom stereocenters. The van der Waals surface area contributed by atoms with Gasteiger partial charge in [-0.3, -0.25) is 14.9 Å². The first-order chi connectivity index (χ1) is 8.09. The number of nitrogens with one attached hydrogen (secondary N) is 1. The SMILES string of the molecule is CC(O)CCCc1cccc2c1C(=O)NC2=O. The van der Waals surface area contributed by atoms with Crippen molar-refractivity contribution in [2.75, 3.05) is 0 Å². The molecule has 0 bridgehead atoms. The zero-order valence-corrected chi connectivity index (χ0v) is 9.69. The number of hydrogen-bond acceptors (Lipinski definition) is 3. The van der Waals surface area contributed by atoms with Gasteiger partial charge in [0.1, 0.15) is 0 Å². The number of amides is 2. The van der Waals surface area contributed by atoms with Gasteiger partial charge in [0.25, 0.3) is 11.8 Å². The number of imide groups is 1. The van der Waals surface area contributed by atoms with E-state index in [1.807, 2.05) is 6.07 Å². The number of aryl methyl sites for hydroxylation is 1. The highest BCUT2D eigenvalue weighted by molar-refractivity contribution is 6.22. The average molecular weight is 233 g/mol. The zero-order valence-electron chi connectivity index (χ0n) is 9.69. The van der Waals surface area contributed by atoms with Gasteiger partial charge in [-0.25, -0.2) is 0 Å². The summed E-state index contributed by atoms with van der Waals surface area (Å²) in [6.07, 6.45) is 1.87. The smallest absolute Gasteiger partial charge is 0.259 e. The fourth-order valence-electron chi connectivity index (χ4n) is 2.09. The highest BCUT2D eigenvalue weighted by atomic mass is 16.3. The molecule has 0 saturated carbocycles. The zero-order chi connectivity index (χ0) is 12.4. The molecule has 0 aliphatic carbocycles. The van der Waals surface area contributed by atoms with E-state index in [1.54, 1.807) is 19.1 Å². The van der Waals surface area contributed by atoms with Crippen LogP contribution in [-0.2, 0) is 6.42 Å². The van der Waals surface area contributed by atoms with Gasteiger partial charge < -0.3 is 5.11 Å². The largest absolute Gasteiger partial charge is 0.393 e. The van der Waals surface area contributed by atoms with Crippen LogP contribution in [0, 0.1) is 0 Å². The fraction of sp³-hybridized carbons (Fsp3) is 0.385. The Bertz CT molecular complexity index is 466. The highest BCUT2D eigenvalue weighted by Crippen LogP contribution is 2.21. The maximum atomic E-state index is 11.6. The third kappa shape index (κ3) is 2.36. The third-order valence-electron chi connectivity index (χ3n) is 2.92. The number of benzene rings is 1. The Labute approximate surface area is 99.6 Å². The van der Waals surface area contributed by atoms with Crippen LogP contribution in [0.25, 0.3) is 0 Å². The van der Waals surface area contributed by atoms with Crippen LogP contribution in [-0.4, -0.2) is 23.0 Å². The summed E-state index contributed by atoms with van der Waals surface area (Å²) in [5.41, 5.74) is 1.85. The van der Waals surface area contributed by atoms with Crippen molar-refractivity contribution in [1.29, 1.82) is 0 Å². The highest BCUT2D eigenvalue weighted by Gasteiger charge is 2.28. The Morgan fingerprint density at radius 1 is 1.29 bits per heavy atom. The summed E-state index contributed by atoms with van der Waals surface area (Å²) in [6, 6.07) is 5.31. The molecule has 1 aromatic rings. The number of aliphatic hydroxyl groups excluding tert-OH is 1. The molecule has 0 saturated heterocycles. The maximum absolute atomic E-state index is 11.6. The second-order valence-electron chi connectivity index (χ2n) is 4.36. The number of carbonyl (C=O) groups is 2. The molecule has 1 aromatic carbocycles. The van der Waals surface area contributed by atoms with Gasteiger partial charge in [-0.2, -0.15) is 0 Å². The van der Waals surface area contributed by atoms with E-state index >= 15 is 0 Å². The summed E-state index contributed by atoms with van der Waals surface area (Å²) < 4.78 is 0. The predicted octanol–water partition coefficient (Wildman–Crippen LogP) is 1.27. The van der Waals surface area contributed by atoms with Crippen LogP contribution in [0.15, 0.2) is 18.2 Å². The minimum Gasteiger partial charge on any atom is -0.393 e. The molecule has 0 spiro atoms. The van der Waals surface area contributed by atoms with Crippen LogP contribution < -0.4 is 5.32 Å². The number of rotatable bonds is 4. The Hall–Kier alpha value is -1.68. The number of hydrogen-bond donors (Lipinski definition) is 2. The maximum Gasteiger partial charge on any atom is 0.259 e. The number of aliphatic hydroxyl groups is 1. The molecule has 0 radical (unpaired) electrons. The van der Waals surface area contributed by atoms with E-state index in [9.17, 15) is 14.7 Å². The van der Waals surface area contributed by atoms with Gasteiger partial charge in [0.2, 0.25) is 0 Å². The van der Waals surface area contributed by atoms with Gasteiger partial charge in [0.15, 0.2) is 0 Å². The van der Waals surface area contributed by atoms with E-state index in [0.717, 1.165) is 12.0 Å². The van der Waals surface area contributed by atoms with Crippen LogP contribution in [0.3, 0.4) is 0 Å². The van der Waals surface area contributed by atoms with Gasteiger partial charge in [-0.1, -0.05) is 12.1 Å². The van der Waals surface area contributed by atoms with Gasteiger partial charge in [-0.05, 0) is 37.8 Å². The molecule has 1 aliphatic heterocycles. The van der Waals surface area contributed by atoms with Crippen molar-refractivity contribution in [3.63, 3.8) is 0 Å². The van der Waals surface area contributed by atoms with Gasteiger partial charge in [-0.15, -0.1) is 0 Å². The lowest BCUT2D eigenvalue weighted by Crippen LogP contribution is -2.20. The minimum atomic E-state index is -0.331. The van der Waals surface area contributed by atoms with Crippen molar-refractivity contribution >= 4 is 11.8 Å². The summed E-state index contributed by atoms with van der Waals surface area (Å²) in [5, 5.41) is 11.5. The standard InChI is InChI=1S/C13H15NO3/c1-8(15)4-2-5-9-6-3-7-10-11(9)13(17)14-12(10)16/h3,6-8,15H,2,4-5H2,1H3,(H,14,16,17). The fourth-order valence-corrected chi connectivity index (χ4v) is 2.09. The summed E-state index contributed by atoms with van der Waals surface area (Å²) in [5.74, 6) is -0.625. The van der Waals surface area contributed by atoms with E-state index in [1.165, 1.54) is 0 Å². The third-order valence-corrected chi connectivity index (χ3v) is 2.92. The summed E-state index contributed by atoms with van der Waals surface area (Å²) in [6.45, 7) is 1.74. The van der Waals surface area contributed by atoms with Crippen LogP contribution >= 0.6 is 0 Å². The van der Waals surface area contributed by atoms with E-state index in [-0.39, 0.29) is 17.9 Å². The topological polar surface area (TPSA) is 66.4 Å². The lowest BCUT2D eigenvalue weighted by molar-refractivity contribution is 0.0879. The Balaban J connectivity index is 2.19. The van der Waals surface area contributed by atoms with Crippen molar-refractivity contribution in [1.82, 2.24) is 5.32 Å². The molecule has 17 heavy (non-hydrogen) atoms. The lowest BCUT2D eigenvalue weighted by atomic mass is 9.98. The number of carbonyl (C=O) groups excluding carboxylic acids is 2. The van der Waals surface area contributed by atoms with Crippen molar-refractivity contribution in [2.24, 2.45) is 0 Å². The Morgan fingerprint density at radius 2 is 2.06 bits per heavy atom. The van der Waals surface area contributed by atoms with E-state index < -0.39 is 0 Å². The Morgan fingerprint density at radius 3 is 2.76 bits per heavy atom. The molecule has 2 N–H and O–H groups in total. The lowest BCUT2D eigenvalue weighted by Gasteiger charge is -2.07. The quantitative estimate of drug-likeness (QED) is 0.770. The normalized spacial score (nSPS) is 15.6. The van der Waals surface area contributed by atoms with Crippen LogP contribution in [0.4, 0.5) is 0 Å².